The van der Waals surface area contributed by atoms with Gasteiger partial charge in [0.2, 0.25) is 5.95 Å². The minimum Gasteiger partial charge on any atom is -0.362 e. The highest BCUT2D eigenvalue weighted by Gasteiger charge is 2.23. The Kier molecular flexibility index (Phi) is 8.37. The van der Waals surface area contributed by atoms with Gasteiger partial charge in [-0.2, -0.15) is 4.98 Å². The van der Waals surface area contributed by atoms with Crippen LogP contribution in [0.1, 0.15) is 41.6 Å². The van der Waals surface area contributed by atoms with Crippen molar-refractivity contribution in [2.24, 2.45) is 0 Å². The summed E-state index contributed by atoms with van der Waals surface area (Å²) in [6, 6.07) is 5.32. The van der Waals surface area contributed by atoms with Crippen LogP contribution >= 0.6 is 35.6 Å². The van der Waals surface area contributed by atoms with Gasteiger partial charge < -0.3 is 15.5 Å². The van der Waals surface area contributed by atoms with Crippen LogP contribution in [0.2, 0.25) is 10.0 Å². The summed E-state index contributed by atoms with van der Waals surface area (Å²) in [6.07, 6.45) is 5.51. The minimum absolute atomic E-state index is 0. The van der Waals surface area contributed by atoms with E-state index in [0.29, 0.717) is 27.6 Å². The van der Waals surface area contributed by atoms with Crippen LogP contribution in [-0.2, 0) is 0 Å². The molecule has 2 N–H and O–H groups in total. The summed E-state index contributed by atoms with van der Waals surface area (Å²) in [7, 11) is 3.94. The second kappa shape index (κ2) is 10.3. The summed E-state index contributed by atoms with van der Waals surface area (Å²) < 4.78 is 0. The third kappa shape index (κ3) is 6.36. The molecule has 3 rings (SSSR count). The van der Waals surface area contributed by atoms with Gasteiger partial charge in [-0.25, -0.2) is 4.98 Å². The molecule has 0 saturated heterocycles. The van der Waals surface area contributed by atoms with Crippen molar-refractivity contribution in [1.29, 1.82) is 0 Å². The van der Waals surface area contributed by atoms with Crippen LogP contribution < -0.4 is 15.5 Å². The Balaban J connectivity index is 0.00000300. The van der Waals surface area contributed by atoms with Crippen molar-refractivity contribution in [3.8, 4) is 0 Å². The maximum Gasteiger partial charge on any atom is 0.251 e. The van der Waals surface area contributed by atoms with E-state index in [1.165, 1.54) is 0 Å². The topological polar surface area (TPSA) is 70.1 Å². The molecule has 1 fully saturated rings. The van der Waals surface area contributed by atoms with Crippen molar-refractivity contribution in [2.75, 3.05) is 24.3 Å². The number of halogens is 3. The lowest BCUT2D eigenvalue weighted by Gasteiger charge is -2.30. The molecule has 0 radical (unpaired) electrons. The maximum absolute atomic E-state index is 12.5. The first kappa shape index (κ1) is 23.5. The number of benzene rings is 1. The molecule has 1 saturated carbocycles. The molecular formula is C20H26Cl3N5O. The minimum atomic E-state index is -0.140. The van der Waals surface area contributed by atoms with Crippen molar-refractivity contribution in [2.45, 2.75) is 44.7 Å². The number of rotatable bonds is 5. The van der Waals surface area contributed by atoms with Gasteiger partial charge in [0.25, 0.3) is 5.91 Å². The molecule has 1 aromatic heterocycles. The van der Waals surface area contributed by atoms with Crippen molar-refractivity contribution in [3.05, 3.63) is 45.6 Å². The zero-order valence-corrected chi connectivity index (χ0v) is 19.0. The predicted molar refractivity (Wildman–Crippen MR) is 122 cm³/mol. The van der Waals surface area contributed by atoms with Crippen LogP contribution in [0.4, 0.5) is 11.8 Å². The SMILES string of the molecule is Cc1cnc(N[C@H]2CC[C@@H](NC(=O)c3cc(Cl)cc(Cl)c3)CC2)nc1N(C)C.Cl. The van der Waals surface area contributed by atoms with Crippen molar-refractivity contribution in [1.82, 2.24) is 15.3 Å². The van der Waals surface area contributed by atoms with Gasteiger partial charge in [-0.1, -0.05) is 23.2 Å². The monoisotopic (exact) mass is 457 g/mol. The number of hydrogen-bond acceptors (Lipinski definition) is 5. The molecule has 1 heterocycles. The van der Waals surface area contributed by atoms with Crippen molar-refractivity contribution < 1.29 is 4.79 Å². The molecule has 2 aromatic rings. The van der Waals surface area contributed by atoms with Crippen LogP contribution in [0.3, 0.4) is 0 Å². The van der Waals surface area contributed by atoms with Gasteiger partial charge in [-0.15, -0.1) is 12.4 Å². The van der Waals surface area contributed by atoms with E-state index in [2.05, 4.69) is 20.6 Å². The molecule has 0 atom stereocenters. The van der Waals surface area contributed by atoms with E-state index < -0.39 is 0 Å². The Morgan fingerprint density at radius 3 is 2.24 bits per heavy atom. The van der Waals surface area contributed by atoms with Gasteiger partial charge in [0.1, 0.15) is 5.82 Å². The first-order chi connectivity index (χ1) is 13.3. The van der Waals surface area contributed by atoms with E-state index in [1.807, 2.05) is 32.1 Å². The van der Waals surface area contributed by atoms with Crippen LogP contribution in [0.15, 0.2) is 24.4 Å². The number of nitrogens with zero attached hydrogens (tertiary/aromatic N) is 3. The number of carbonyl (C=O) groups is 1. The Labute approximate surface area is 187 Å². The molecular weight excluding hydrogens is 433 g/mol. The quantitative estimate of drug-likeness (QED) is 0.677. The normalized spacial score (nSPS) is 18.5. The fourth-order valence-corrected chi connectivity index (χ4v) is 4.00. The standard InChI is InChI=1S/C20H25Cl2N5O.ClH/c1-12-11-23-20(26-18(12)27(2)3)25-17-6-4-16(5-7-17)24-19(28)13-8-14(21)10-15(22)9-13;/h8-11,16-17H,4-7H2,1-3H3,(H,24,28)(H,23,25,26);1H/t16-,17+;. The maximum atomic E-state index is 12.5. The van der Waals surface area contributed by atoms with E-state index in [-0.39, 0.29) is 24.4 Å². The average molecular weight is 459 g/mol. The number of carbonyl (C=O) groups excluding carboxylic acids is 1. The molecule has 1 amide bonds. The lowest BCUT2D eigenvalue weighted by molar-refractivity contribution is 0.0926. The van der Waals surface area contributed by atoms with E-state index in [4.69, 9.17) is 23.2 Å². The number of aromatic nitrogens is 2. The molecule has 1 aromatic carbocycles. The van der Waals surface area contributed by atoms with Gasteiger partial charge in [0.05, 0.1) is 0 Å². The number of hydrogen-bond donors (Lipinski definition) is 2. The van der Waals surface area contributed by atoms with E-state index in [1.54, 1.807) is 18.2 Å². The number of anilines is 2. The van der Waals surface area contributed by atoms with Crippen molar-refractivity contribution in [3.63, 3.8) is 0 Å². The summed E-state index contributed by atoms with van der Waals surface area (Å²) in [4.78, 5) is 23.4. The highest BCUT2D eigenvalue weighted by Crippen LogP contribution is 2.24. The van der Waals surface area contributed by atoms with Gasteiger partial charge in [-0.05, 0) is 50.8 Å². The molecule has 1 aliphatic carbocycles. The van der Waals surface area contributed by atoms with Gasteiger partial charge >= 0.3 is 0 Å². The highest BCUT2D eigenvalue weighted by molar-refractivity contribution is 6.35. The summed E-state index contributed by atoms with van der Waals surface area (Å²) in [5.41, 5.74) is 1.53. The van der Waals surface area contributed by atoms with Gasteiger partial charge in [0.15, 0.2) is 0 Å². The van der Waals surface area contributed by atoms with Crippen molar-refractivity contribution >= 4 is 53.3 Å². The Hall–Kier alpha value is -1.76. The lowest BCUT2D eigenvalue weighted by atomic mass is 9.91. The van der Waals surface area contributed by atoms with E-state index in [9.17, 15) is 4.79 Å². The number of nitrogens with one attached hydrogen (secondary N) is 2. The number of aryl methyl sites for hydroxylation is 1. The molecule has 6 nitrogen and oxygen atoms in total. The zero-order valence-electron chi connectivity index (χ0n) is 16.7. The third-order valence-electron chi connectivity index (χ3n) is 4.89. The van der Waals surface area contributed by atoms with Gasteiger partial charge in [0, 0.05) is 53.5 Å². The van der Waals surface area contributed by atoms with Gasteiger partial charge in [-0.3, -0.25) is 4.79 Å². The van der Waals surface area contributed by atoms with Crippen LogP contribution in [0, 0.1) is 6.92 Å². The summed E-state index contributed by atoms with van der Waals surface area (Å²) >= 11 is 12.0. The first-order valence-electron chi connectivity index (χ1n) is 9.36. The molecule has 0 unspecified atom stereocenters. The summed E-state index contributed by atoms with van der Waals surface area (Å²) in [6.45, 7) is 2.00. The smallest absolute Gasteiger partial charge is 0.251 e. The molecule has 158 valence electrons. The third-order valence-corrected chi connectivity index (χ3v) is 5.33. The number of amides is 1. The predicted octanol–water partition coefficient (Wildman–Crippen LogP) is 4.73. The largest absolute Gasteiger partial charge is 0.362 e. The molecule has 0 bridgehead atoms. The molecule has 9 heteroatoms. The second-order valence-corrected chi connectivity index (χ2v) is 8.29. The zero-order chi connectivity index (χ0) is 20.3. The van der Waals surface area contributed by atoms with E-state index in [0.717, 1.165) is 37.1 Å². The second-order valence-electron chi connectivity index (χ2n) is 7.42. The average Bonchev–Trinajstić information content (AvgIpc) is 2.64. The highest BCUT2D eigenvalue weighted by atomic mass is 35.5. The Morgan fingerprint density at radius 2 is 1.66 bits per heavy atom. The van der Waals surface area contributed by atoms with Crippen LogP contribution in [0.25, 0.3) is 0 Å². The molecule has 0 spiro atoms. The molecule has 0 aliphatic heterocycles. The fraction of sp³-hybridized carbons (Fsp3) is 0.450. The summed E-state index contributed by atoms with van der Waals surface area (Å²) in [5.74, 6) is 1.42. The lowest BCUT2D eigenvalue weighted by Crippen LogP contribution is -2.40. The fourth-order valence-electron chi connectivity index (χ4n) is 3.47. The molecule has 29 heavy (non-hydrogen) atoms. The van der Waals surface area contributed by atoms with Crippen LogP contribution in [0.5, 0.6) is 0 Å². The van der Waals surface area contributed by atoms with Crippen LogP contribution in [-0.4, -0.2) is 42.1 Å². The van der Waals surface area contributed by atoms with E-state index >= 15 is 0 Å². The first-order valence-corrected chi connectivity index (χ1v) is 10.1. The Morgan fingerprint density at radius 1 is 1.07 bits per heavy atom. The Bertz CT molecular complexity index is 834. The molecule has 1 aliphatic rings. The summed E-state index contributed by atoms with van der Waals surface area (Å²) in [5, 5.41) is 7.43.